The summed E-state index contributed by atoms with van der Waals surface area (Å²) in [5, 5.41) is 9.21. The number of carboxylic acids is 1. The molecule has 3 nitrogen and oxygen atoms in total. The van der Waals surface area contributed by atoms with E-state index in [0.29, 0.717) is 13.0 Å². The number of aryl methyl sites for hydroxylation is 5. The Bertz CT molecular complexity index is 845. The van der Waals surface area contributed by atoms with E-state index in [2.05, 4.69) is 58.9 Å². The van der Waals surface area contributed by atoms with E-state index >= 15 is 0 Å². The van der Waals surface area contributed by atoms with Crippen molar-refractivity contribution in [1.29, 1.82) is 0 Å². The summed E-state index contributed by atoms with van der Waals surface area (Å²) < 4.78 is 8.93. The molecule has 1 N–H and O–H groups in total. The van der Waals surface area contributed by atoms with Crippen molar-refractivity contribution >= 4 is 5.97 Å². The van der Waals surface area contributed by atoms with Gasteiger partial charge in [-0.2, -0.15) is 0 Å². The fourth-order valence-corrected chi connectivity index (χ4v) is 6.18. The van der Waals surface area contributed by atoms with Gasteiger partial charge in [-0.15, -0.1) is 0 Å². The number of hydrogen-bond acceptors (Lipinski definition) is 2. The lowest BCUT2D eigenvalue weighted by Gasteiger charge is -2.19. The molecule has 0 atom stereocenters. The maximum absolute atomic E-state index is 11.2. The maximum atomic E-state index is 11.2. The molecular formula is C24H32IO3+. The summed E-state index contributed by atoms with van der Waals surface area (Å²) in [6.45, 7) is 14.9. The molecule has 0 saturated heterocycles. The molecule has 2 rings (SSSR count). The van der Waals surface area contributed by atoms with Gasteiger partial charge < -0.3 is 9.84 Å². The number of ether oxygens (including phenoxy) is 1. The maximum Gasteiger partial charge on any atom is 0.358 e. The highest BCUT2D eigenvalue weighted by Gasteiger charge is 2.27. The van der Waals surface area contributed by atoms with Gasteiger partial charge in [0.1, 0.15) is 5.75 Å². The lowest BCUT2D eigenvalue weighted by atomic mass is 9.88. The molecule has 0 radical (unpaired) electrons. The third-order valence-electron chi connectivity index (χ3n) is 5.02. The number of benzene rings is 2. The van der Waals surface area contributed by atoms with Crippen LogP contribution >= 0.6 is 0 Å². The minimum absolute atomic E-state index is 0.240. The Balaban J connectivity index is 2.08. The second-order valence-corrected chi connectivity index (χ2v) is 11.1. The zero-order valence-electron chi connectivity index (χ0n) is 18.1. The molecule has 0 spiro atoms. The zero-order valence-corrected chi connectivity index (χ0v) is 20.2. The molecule has 2 aromatic carbocycles. The third kappa shape index (κ3) is 5.72. The normalized spacial score (nSPS) is 11.5. The number of aliphatic carboxylic acids is 1. The molecule has 0 bridgehead atoms. The Kier molecular flexibility index (Phi) is 7.54. The third-order valence-corrected chi connectivity index (χ3v) is 9.00. The Morgan fingerprint density at radius 2 is 1.57 bits per heavy atom. The highest BCUT2D eigenvalue weighted by Crippen LogP contribution is 2.24. The Hall–Kier alpha value is -1.56. The zero-order chi connectivity index (χ0) is 21.1. The number of carbonyl (C=O) groups is 1. The van der Waals surface area contributed by atoms with Crippen molar-refractivity contribution in [3.05, 3.63) is 59.2 Å². The van der Waals surface area contributed by atoms with Crippen LogP contribution in [0.4, 0.5) is 0 Å². The molecule has 0 aromatic heterocycles. The van der Waals surface area contributed by atoms with Crippen LogP contribution in [0.25, 0.3) is 0 Å². The quantitative estimate of drug-likeness (QED) is 0.453. The van der Waals surface area contributed by atoms with E-state index in [0.717, 1.165) is 17.7 Å². The van der Waals surface area contributed by atoms with Crippen LogP contribution in [0.5, 0.6) is 5.75 Å². The Morgan fingerprint density at radius 3 is 2.14 bits per heavy atom. The van der Waals surface area contributed by atoms with E-state index in [9.17, 15) is 9.90 Å². The summed E-state index contributed by atoms with van der Waals surface area (Å²) >= 11 is -0.240. The van der Waals surface area contributed by atoms with Crippen molar-refractivity contribution in [2.45, 2.75) is 61.3 Å². The monoisotopic (exact) mass is 495 g/mol. The number of rotatable bonds is 8. The molecule has 2 aromatic rings. The van der Waals surface area contributed by atoms with E-state index < -0.39 is 11.4 Å². The van der Waals surface area contributed by atoms with Gasteiger partial charge in [-0.25, -0.2) is 0 Å². The predicted octanol–water partition coefficient (Wildman–Crippen LogP) is 2.63. The number of halogens is 1. The Morgan fingerprint density at radius 1 is 0.964 bits per heavy atom. The molecule has 4 heteroatoms. The summed E-state index contributed by atoms with van der Waals surface area (Å²) in [7, 11) is 0. The van der Waals surface area contributed by atoms with E-state index in [1.807, 2.05) is 0 Å². The first kappa shape index (κ1) is 22.7. The van der Waals surface area contributed by atoms with Crippen LogP contribution in [0, 0.1) is 47.2 Å². The van der Waals surface area contributed by atoms with Crippen LogP contribution in [0.1, 0.15) is 54.5 Å². The van der Waals surface area contributed by atoms with Gasteiger partial charge in [0.15, 0.2) is 7.14 Å². The molecule has 0 unspecified atom stereocenters. The molecule has 0 heterocycles. The lowest BCUT2D eigenvalue weighted by Crippen LogP contribution is -3.62. The molecule has 0 saturated carbocycles. The van der Waals surface area contributed by atoms with Crippen molar-refractivity contribution < 1.29 is 35.8 Å². The first-order chi connectivity index (χ1) is 13.0. The average molecular weight is 495 g/mol. The van der Waals surface area contributed by atoms with Crippen molar-refractivity contribution in [2.24, 2.45) is 5.41 Å². The summed E-state index contributed by atoms with van der Waals surface area (Å²) in [4.78, 5) is 11.2. The molecular weight excluding hydrogens is 463 g/mol. The smallest absolute Gasteiger partial charge is 0.358 e. The molecule has 0 amide bonds. The van der Waals surface area contributed by atoms with Gasteiger partial charge in [-0.3, -0.25) is 4.79 Å². The van der Waals surface area contributed by atoms with Crippen molar-refractivity contribution in [1.82, 2.24) is 0 Å². The molecule has 0 aliphatic carbocycles. The highest BCUT2D eigenvalue weighted by atomic mass is 127. The topological polar surface area (TPSA) is 46.5 Å². The van der Waals surface area contributed by atoms with Crippen LogP contribution in [0.3, 0.4) is 0 Å². The van der Waals surface area contributed by atoms with Gasteiger partial charge in [0.05, 0.1) is 12.0 Å². The van der Waals surface area contributed by atoms with Crippen molar-refractivity contribution in [2.75, 3.05) is 6.61 Å². The van der Waals surface area contributed by atoms with Crippen molar-refractivity contribution in [3.63, 3.8) is 0 Å². The molecule has 0 aliphatic heterocycles. The van der Waals surface area contributed by atoms with Crippen LogP contribution < -0.4 is 25.9 Å². The lowest BCUT2D eigenvalue weighted by molar-refractivity contribution is -0.599. The number of hydrogen-bond donors (Lipinski definition) is 1. The van der Waals surface area contributed by atoms with Crippen LogP contribution in [-0.4, -0.2) is 17.7 Å². The van der Waals surface area contributed by atoms with E-state index in [4.69, 9.17) is 4.74 Å². The summed E-state index contributed by atoms with van der Waals surface area (Å²) in [5.74, 6) is 0.158. The van der Waals surface area contributed by atoms with Gasteiger partial charge in [-0.05, 0) is 79.0 Å². The molecule has 28 heavy (non-hydrogen) atoms. The Labute approximate surface area is 179 Å². The molecule has 0 fully saturated rings. The predicted molar refractivity (Wildman–Crippen MR) is 110 cm³/mol. The summed E-state index contributed by atoms with van der Waals surface area (Å²) in [6, 6.07) is 8.98. The standard InChI is InChI=1S/C24H31IO3/c1-15-11-18(4)22(19(5)12-15)25-20-13-17(3)21(14-16(20)2)28-10-8-9-24(6,7)23(26)27/h11-14H,8-10H2,1-7H3/p+1. The summed E-state index contributed by atoms with van der Waals surface area (Å²) in [5.41, 5.74) is 5.84. The second kappa shape index (κ2) is 9.29. The van der Waals surface area contributed by atoms with Crippen molar-refractivity contribution in [3.8, 4) is 5.75 Å². The minimum atomic E-state index is -0.755. The highest BCUT2D eigenvalue weighted by molar-refractivity contribution is 5.73. The number of carboxylic acid groups (broad SMARTS) is 1. The minimum Gasteiger partial charge on any atom is -0.493 e. The van der Waals surface area contributed by atoms with E-state index in [1.54, 1.807) is 13.8 Å². The first-order valence-electron chi connectivity index (χ1n) is 9.71. The largest absolute Gasteiger partial charge is 0.493 e. The second-order valence-electron chi connectivity index (χ2n) is 8.32. The van der Waals surface area contributed by atoms with Crippen LogP contribution in [0.2, 0.25) is 0 Å². The SMILES string of the molecule is Cc1cc(C)c([I+]c2cc(C)c(OCCCC(C)(C)C(=O)O)cc2C)c(C)c1. The van der Waals surface area contributed by atoms with Gasteiger partial charge in [0.2, 0.25) is 0 Å². The van der Waals surface area contributed by atoms with E-state index in [1.165, 1.54) is 29.4 Å². The molecule has 0 aliphatic rings. The van der Waals surface area contributed by atoms with Crippen LogP contribution in [-0.2, 0) is 4.79 Å². The first-order valence-corrected chi connectivity index (χ1v) is 11.9. The summed E-state index contributed by atoms with van der Waals surface area (Å²) in [6.07, 6.45) is 1.34. The van der Waals surface area contributed by atoms with Gasteiger partial charge >= 0.3 is 27.2 Å². The van der Waals surface area contributed by atoms with Gasteiger partial charge in [0, 0.05) is 16.7 Å². The van der Waals surface area contributed by atoms with Gasteiger partial charge in [-0.1, -0.05) is 17.7 Å². The average Bonchev–Trinajstić information content (AvgIpc) is 2.58. The fraction of sp³-hybridized carbons (Fsp3) is 0.458. The molecule has 152 valence electrons. The van der Waals surface area contributed by atoms with Crippen LogP contribution in [0.15, 0.2) is 24.3 Å². The van der Waals surface area contributed by atoms with E-state index in [-0.39, 0.29) is 21.2 Å². The fourth-order valence-electron chi connectivity index (χ4n) is 3.23. The van der Waals surface area contributed by atoms with Gasteiger partial charge in [0.25, 0.3) is 0 Å².